The Labute approximate surface area is 142 Å². The molecule has 1 amide bonds. The summed E-state index contributed by atoms with van der Waals surface area (Å²) in [6.45, 7) is 5.47. The van der Waals surface area contributed by atoms with E-state index in [1.165, 1.54) is 31.3 Å². The van der Waals surface area contributed by atoms with E-state index in [2.05, 4.69) is 6.58 Å². The normalized spacial score (nSPS) is 11.8. The molecule has 2 rings (SSSR count). The number of nitrogens with zero attached hydrogens (tertiary/aromatic N) is 1. The average Bonchev–Trinajstić information content (AvgIpc) is 2.59. The zero-order valence-electron chi connectivity index (χ0n) is 13.6. The predicted molar refractivity (Wildman–Crippen MR) is 95.8 cm³/mol. The van der Waals surface area contributed by atoms with Crippen molar-refractivity contribution in [1.82, 2.24) is 4.31 Å². The molecule has 0 saturated heterocycles. The maximum absolute atomic E-state index is 12.8. The van der Waals surface area contributed by atoms with E-state index < -0.39 is 15.9 Å². The van der Waals surface area contributed by atoms with Crippen LogP contribution in [0.2, 0.25) is 0 Å². The molecule has 0 fully saturated rings. The van der Waals surface area contributed by atoms with E-state index in [0.717, 1.165) is 9.87 Å². The number of benzene rings is 2. The first-order chi connectivity index (χ1) is 11.4. The van der Waals surface area contributed by atoms with E-state index in [0.29, 0.717) is 5.56 Å². The molecule has 0 aromatic heterocycles. The molecule has 0 atom stereocenters. The van der Waals surface area contributed by atoms with Gasteiger partial charge < -0.3 is 0 Å². The smallest absolute Gasteiger partial charge is 0.267 e. The summed E-state index contributed by atoms with van der Waals surface area (Å²) in [5.41, 5.74) is 1.84. The summed E-state index contributed by atoms with van der Waals surface area (Å²) in [4.78, 5) is 12.8. The number of rotatable bonds is 5. The molecule has 0 aliphatic carbocycles. The number of amides is 1. The van der Waals surface area contributed by atoms with Gasteiger partial charge in [-0.1, -0.05) is 60.7 Å². The van der Waals surface area contributed by atoms with E-state index in [1.807, 2.05) is 13.0 Å². The van der Waals surface area contributed by atoms with Gasteiger partial charge in [0.25, 0.3) is 15.9 Å². The molecule has 0 unspecified atom stereocenters. The summed E-state index contributed by atoms with van der Waals surface area (Å²) in [6.07, 6.45) is 2.98. The SMILES string of the molecule is C=C/C=C(/C(=O)N(C)S(=O)(=O)c1ccc(C)cc1)c1ccccc1. The van der Waals surface area contributed by atoms with Crippen molar-refractivity contribution in [1.29, 1.82) is 0 Å². The molecule has 0 heterocycles. The molecular formula is C19H19NO3S. The van der Waals surface area contributed by atoms with Crippen molar-refractivity contribution in [3.63, 3.8) is 0 Å². The van der Waals surface area contributed by atoms with Gasteiger partial charge in [-0.3, -0.25) is 4.79 Å². The van der Waals surface area contributed by atoms with Gasteiger partial charge in [-0.25, -0.2) is 12.7 Å². The molecule has 5 heteroatoms. The average molecular weight is 341 g/mol. The third-order valence-electron chi connectivity index (χ3n) is 3.57. The van der Waals surface area contributed by atoms with Gasteiger partial charge in [0.2, 0.25) is 0 Å². The highest BCUT2D eigenvalue weighted by Crippen LogP contribution is 2.22. The molecular weight excluding hydrogens is 322 g/mol. The maximum atomic E-state index is 12.8. The molecule has 24 heavy (non-hydrogen) atoms. The third kappa shape index (κ3) is 3.63. The fourth-order valence-corrected chi connectivity index (χ4v) is 3.29. The van der Waals surface area contributed by atoms with Crippen LogP contribution in [0.5, 0.6) is 0 Å². The number of allylic oxidation sites excluding steroid dienone is 2. The second kappa shape index (κ2) is 7.27. The summed E-state index contributed by atoms with van der Waals surface area (Å²) in [5.74, 6) is -0.610. The molecule has 0 bridgehead atoms. The quantitative estimate of drug-likeness (QED) is 0.618. The molecule has 124 valence electrons. The number of likely N-dealkylation sites (N-methyl/N-ethyl adjacent to an activating group) is 1. The Balaban J connectivity index is 2.41. The van der Waals surface area contributed by atoms with Crippen LogP contribution in [0.15, 0.2) is 78.2 Å². The van der Waals surface area contributed by atoms with Crippen molar-refractivity contribution >= 4 is 21.5 Å². The lowest BCUT2D eigenvalue weighted by Gasteiger charge is -2.19. The molecule has 4 nitrogen and oxygen atoms in total. The summed E-state index contributed by atoms with van der Waals surface area (Å²) < 4.78 is 26.1. The van der Waals surface area contributed by atoms with Gasteiger partial charge in [0.05, 0.1) is 4.90 Å². The first-order valence-electron chi connectivity index (χ1n) is 7.36. The minimum absolute atomic E-state index is 0.0787. The highest BCUT2D eigenvalue weighted by Gasteiger charge is 2.28. The van der Waals surface area contributed by atoms with Gasteiger partial charge >= 0.3 is 0 Å². The minimum atomic E-state index is -3.92. The van der Waals surface area contributed by atoms with Gasteiger partial charge in [0.15, 0.2) is 0 Å². The van der Waals surface area contributed by atoms with Gasteiger partial charge in [-0.05, 0) is 30.7 Å². The first kappa shape index (κ1) is 17.7. The molecule has 0 aliphatic rings. The van der Waals surface area contributed by atoms with E-state index in [4.69, 9.17) is 0 Å². The fraction of sp³-hybridized carbons (Fsp3) is 0.105. The second-order valence-electron chi connectivity index (χ2n) is 5.27. The Bertz CT molecular complexity index is 867. The van der Waals surface area contributed by atoms with Crippen LogP contribution >= 0.6 is 0 Å². The summed E-state index contributed by atoms with van der Waals surface area (Å²) in [5, 5.41) is 0. The fourth-order valence-electron chi connectivity index (χ4n) is 2.17. The van der Waals surface area contributed by atoms with E-state index >= 15 is 0 Å². The van der Waals surface area contributed by atoms with Crippen LogP contribution in [0, 0.1) is 6.92 Å². The zero-order chi connectivity index (χ0) is 17.7. The zero-order valence-corrected chi connectivity index (χ0v) is 14.5. The van der Waals surface area contributed by atoms with Gasteiger partial charge in [-0.15, -0.1) is 0 Å². The topological polar surface area (TPSA) is 54.5 Å². The maximum Gasteiger partial charge on any atom is 0.267 e. The lowest BCUT2D eigenvalue weighted by atomic mass is 10.1. The summed E-state index contributed by atoms with van der Waals surface area (Å²) in [6, 6.07) is 15.3. The third-order valence-corrected chi connectivity index (χ3v) is 5.32. The van der Waals surface area contributed by atoms with Crippen LogP contribution in [-0.4, -0.2) is 25.7 Å². The van der Waals surface area contributed by atoms with Crippen LogP contribution in [0.1, 0.15) is 11.1 Å². The minimum Gasteiger partial charge on any atom is -0.268 e. The van der Waals surface area contributed by atoms with Crippen LogP contribution in [0.3, 0.4) is 0 Å². The predicted octanol–water partition coefficient (Wildman–Crippen LogP) is 3.41. The molecule has 0 spiro atoms. The van der Waals surface area contributed by atoms with E-state index in [-0.39, 0.29) is 10.5 Å². The van der Waals surface area contributed by atoms with E-state index in [9.17, 15) is 13.2 Å². The van der Waals surface area contributed by atoms with Crippen molar-refractivity contribution in [3.05, 3.63) is 84.5 Å². The summed E-state index contributed by atoms with van der Waals surface area (Å²) >= 11 is 0. The molecule has 0 saturated carbocycles. The summed E-state index contributed by atoms with van der Waals surface area (Å²) in [7, 11) is -2.66. The van der Waals surface area contributed by atoms with Crippen molar-refractivity contribution in [2.45, 2.75) is 11.8 Å². The molecule has 2 aromatic rings. The van der Waals surface area contributed by atoms with Crippen LogP contribution in [0.4, 0.5) is 0 Å². The number of hydrogen-bond acceptors (Lipinski definition) is 3. The van der Waals surface area contributed by atoms with Crippen molar-refractivity contribution < 1.29 is 13.2 Å². The number of aryl methyl sites for hydroxylation is 1. The highest BCUT2D eigenvalue weighted by atomic mass is 32.2. The molecule has 2 aromatic carbocycles. The van der Waals surface area contributed by atoms with Crippen LogP contribution in [0.25, 0.3) is 5.57 Å². The molecule has 0 radical (unpaired) electrons. The monoisotopic (exact) mass is 341 g/mol. The lowest BCUT2D eigenvalue weighted by molar-refractivity contribution is -0.119. The highest BCUT2D eigenvalue weighted by molar-refractivity contribution is 7.89. The number of hydrogen-bond donors (Lipinski definition) is 0. The Morgan fingerprint density at radius 3 is 2.17 bits per heavy atom. The first-order valence-corrected chi connectivity index (χ1v) is 8.80. The Morgan fingerprint density at radius 1 is 1.04 bits per heavy atom. The number of carbonyl (C=O) groups excluding carboxylic acids is 1. The Morgan fingerprint density at radius 2 is 1.62 bits per heavy atom. The molecule has 0 N–H and O–H groups in total. The van der Waals surface area contributed by atoms with E-state index in [1.54, 1.807) is 36.4 Å². The number of sulfonamides is 1. The van der Waals surface area contributed by atoms with Crippen LogP contribution < -0.4 is 0 Å². The molecule has 0 aliphatic heterocycles. The number of carbonyl (C=O) groups is 1. The van der Waals surface area contributed by atoms with Gasteiger partial charge in [0, 0.05) is 12.6 Å². The van der Waals surface area contributed by atoms with Crippen molar-refractivity contribution in [2.24, 2.45) is 0 Å². The largest absolute Gasteiger partial charge is 0.268 e. The van der Waals surface area contributed by atoms with Gasteiger partial charge in [-0.2, -0.15) is 0 Å². The van der Waals surface area contributed by atoms with Crippen molar-refractivity contribution in [2.75, 3.05) is 7.05 Å². The van der Waals surface area contributed by atoms with Gasteiger partial charge in [0.1, 0.15) is 0 Å². The standard InChI is InChI=1S/C19H19NO3S/c1-4-8-18(16-9-6-5-7-10-16)19(21)20(3)24(22,23)17-13-11-15(2)12-14-17/h4-14H,1H2,2-3H3/b18-8+. The Hall–Kier alpha value is -2.66. The second-order valence-corrected chi connectivity index (χ2v) is 7.24. The van der Waals surface area contributed by atoms with Crippen LogP contribution in [-0.2, 0) is 14.8 Å². The van der Waals surface area contributed by atoms with Crippen molar-refractivity contribution in [3.8, 4) is 0 Å². The lowest BCUT2D eigenvalue weighted by Crippen LogP contribution is -2.33. The Kier molecular flexibility index (Phi) is 5.36.